The first-order valence-electron chi connectivity index (χ1n) is 6.35. The molecule has 0 atom stereocenters. The molecule has 0 heterocycles. The van der Waals surface area contributed by atoms with E-state index in [9.17, 15) is 4.79 Å². The lowest BCUT2D eigenvalue weighted by atomic mass is 10.1. The summed E-state index contributed by atoms with van der Waals surface area (Å²) in [5.41, 5.74) is 2.14. The van der Waals surface area contributed by atoms with Gasteiger partial charge in [-0.3, -0.25) is 4.79 Å². The van der Waals surface area contributed by atoms with Crippen LogP contribution in [0.4, 0.5) is 0 Å². The van der Waals surface area contributed by atoms with Crippen LogP contribution in [0.2, 0.25) is 0 Å². The quantitative estimate of drug-likeness (QED) is 0.643. The van der Waals surface area contributed by atoms with Crippen molar-refractivity contribution in [2.75, 3.05) is 13.1 Å². The highest BCUT2D eigenvalue weighted by atomic mass is 16.6. The Hall–Kier alpha value is -1.35. The zero-order chi connectivity index (χ0) is 13.6. The summed E-state index contributed by atoms with van der Waals surface area (Å²) in [5, 5.41) is 3.10. The first-order valence-corrected chi connectivity index (χ1v) is 6.35. The molecule has 1 rings (SSSR count). The molecule has 0 bridgehead atoms. The number of aryl methyl sites for hydroxylation is 1. The van der Waals surface area contributed by atoms with E-state index < -0.39 is 5.60 Å². The standard InChI is InChI=1S/C15H23NO2/c1-12-6-5-7-13(10-12)8-9-16-11-14(17)18-15(2,3)4/h5-7,10,16H,8-9,11H2,1-4H3. The third-order valence-electron chi connectivity index (χ3n) is 2.36. The summed E-state index contributed by atoms with van der Waals surface area (Å²) in [6.45, 7) is 8.75. The molecule has 1 aromatic carbocycles. The van der Waals surface area contributed by atoms with Gasteiger partial charge in [-0.2, -0.15) is 0 Å². The van der Waals surface area contributed by atoms with Crippen molar-refractivity contribution in [3.63, 3.8) is 0 Å². The largest absolute Gasteiger partial charge is 0.459 e. The van der Waals surface area contributed by atoms with Crippen LogP contribution in [0.3, 0.4) is 0 Å². The molecule has 0 spiro atoms. The molecule has 3 heteroatoms. The number of hydrogen-bond donors (Lipinski definition) is 1. The Morgan fingerprint density at radius 2 is 2.06 bits per heavy atom. The van der Waals surface area contributed by atoms with Crippen molar-refractivity contribution >= 4 is 5.97 Å². The van der Waals surface area contributed by atoms with Crippen LogP contribution in [-0.2, 0) is 16.0 Å². The molecule has 0 amide bonds. The minimum atomic E-state index is -0.407. The number of hydrogen-bond acceptors (Lipinski definition) is 3. The smallest absolute Gasteiger partial charge is 0.320 e. The number of esters is 1. The van der Waals surface area contributed by atoms with Crippen molar-refractivity contribution < 1.29 is 9.53 Å². The minimum absolute atomic E-state index is 0.202. The van der Waals surface area contributed by atoms with Gasteiger partial charge in [-0.1, -0.05) is 29.8 Å². The first-order chi connectivity index (χ1) is 8.37. The van der Waals surface area contributed by atoms with E-state index in [1.807, 2.05) is 20.8 Å². The maximum atomic E-state index is 11.4. The van der Waals surface area contributed by atoms with Crippen LogP contribution in [0.15, 0.2) is 24.3 Å². The fraction of sp³-hybridized carbons (Fsp3) is 0.533. The Morgan fingerprint density at radius 3 is 2.67 bits per heavy atom. The molecule has 0 fully saturated rings. The van der Waals surface area contributed by atoms with Gasteiger partial charge in [0.15, 0.2) is 0 Å². The lowest BCUT2D eigenvalue weighted by Gasteiger charge is -2.19. The number of carbonyl (C=O) groups is 1. The fourth-order valence-electron chi connectivity index (χ4n) is 1.67. The molecule has 0 aliphatic rings. The summed E-state index contributed by atoms with van der Waals surface area (Å²) in [6.07, 6.45) is 0.921. The van der Waals surface area contributed by atoms with E-state index in [4.69, 9.17) is 4.74 Å². The van der Waals surface area contributed by atoms with Crippen molar-refractivity contribution in [2.24, 2.45) is 0 Å². The lowest BCUT2D eigenvalue weighted by Crippen LogP contribution is -2.32. The SMILES string of the molecule is Cc1cccc(CCNCC(=O)OC(C)(C)C)c1. The third-order valence-corrected chi connectivity index (χ3v) is 2.36. The van der Waals surface area contributed by atoms with Gasteiger partial charge in [0, 0.05) is 0 Å². The molecule has 0 aliphatic carbocycles. The number of nitrogens with one attached hydrogen (secondary N) is 1. The average Bonchev–Trinajstić information content (AvgIpc) is 2.22. The molecule has 18 heavy (non-hydrogen) atoms. The minimum Gasteiger partial charge on any atom is -0.459 e. The van der Waals surface area contributed by atoms with E-state index in [0.717, 1.165) is 13.0 Å². The maximum absolute atomic E-state index is 11.4. The molecule has 0 unspecified atom stereocenters. The zero-order valence-corrected chi connectivity index (χ0v) is 11.7. The highest BCUT2D eigenvalue weighted by Crippen LogP contribution is 2.06. The predicted molar refractivity (Wildman–Crippen MR) is 73.6 cm³/mol. The van der Waals surface area contributed by atoms with Crippen LogP contribution in [-0.4, -0.2) is 24.7 Å². The van der Waals surface area contributed by atoms with Gasteiger partial charge in [-0.15, -0.1) is 0 Å². The second-order valence-electron chi connectivity index (χ2n) is 5.50. The molecular weight excluding hydrogens is 226 g/mol. The number of ether oxygens (including phenoxy) is 1. The van der Waals surface area contributed by atoms with E-state index in [1.165, 1.54) is 11.1 Å². The molecule has 0 aromatic heterocycles. The van der Waals surface area contributed by atoms with Crippen LogP contribution in [0.5, 0.6) is 0 Å². The van der Waals surface area contributed by atoms with Crippen molar-refractivity contribution in [1.29, 1.82) is 0 Å². The van der Waals surface area contributed by atoms with Crippen molar-refractivity contribution in [3.8, 4) is 0 Å². The Balaban J connectivity index is 2.21. The maximum Gasteiger partial charge on any atom is 0.320 e. The van der Waals surface area contributed by atoms with Gasteiger partial charge in [-0.05, 0) is 46.2 Å². The fourth-order valence-corrected chi connectivity index (χ4v) is 1.67. The third kappa shape index (κ3) is 6.40. The number of carbonyl (C=O) groups excluding carboxylic acids is 1. The topological polar surface area (TPSA) is 38.3 Å². The Bertz CT molecular complexity index is 394. The van der Waals surface area contributed by atoms with Crippen LogP contribution in [0.1, 0.15) is 31.9 Å². The molecule has 1 aromatic rings. The second kappa shape index (κ2) is 6.55. The van der Waals surface area contributed by atoms with Crippen LogP contribution >= 0.6 is 0 Å². The van der Waals surface area contributed by atoms with Gasteiger partial charge in [0.1, 0.15) is 5.60 Å². The zero-order valence-electron chi connectivity index (χ0n) is 11.7. The molecule has 0 radical (unpaired) electrons. The molecule has 0 saturated carbocycles. The van der Waals surface area contributed by atoms with Crippen LogP contribution in [0.25, 0.3) is 0 Å². The summed E-state index contributed by atoms with van der Waals surface area (Å²) < 4.78 is 5.21. The highest BCUT2D eigenvalue weighted by molar-refractivity contribution is 5.72. The van der Waals surface area contributed by atoms with Crippen LogP contribution < -0.4 is 5.32 Å². The van der Waals surface area contributed by atoms with Gasteiger partial charge in [0.25, 0.3) is 0 Å². The molecule has 3 nitrogen and oxygen atoms in total. The number of rotatable bonds is 5. The summed E-state index contributed by atoms with van der Waals surface area (Å²) in [7, 11) is 0. The molecule has 1 N–H and O–H groups in total. The van der Waals surface area contributed by atoms with E-state index in [-0.39, 0.29) is 12.5 Å². The summed E-state index contributed by atoms with van der Waals surface area (Å²) >= 11 is 0. The van der Waals surface area contributed by atoms with Crippen molar-refractivity contribution in [3.05, 3.63) is 35.4 Å². The monoisotopic (exact) mass is 249 g/mol. The normalized spacial score (nSPS) is 11.3. The molecule has 0 saturated heterocycles. The van der Waals surface area contributed by atoms with E-state index in [0.29, 0.717) is 0 Å². The van der Waals surface area contributed by atoms with Gasteiger partial charge in [0.05, 0.1) is 6.54 Å². The molecule has 0 aliphatic heterocycles. The van der Waals surface area contributed by atoms with Crippen molar-refractivity contribution in [2.45, 2.75) is 39.7 Å². The van der Waals surface area contributed by atoms with Gasteiger partial charge in [-0.25, -0.2) is 0 Å². The Kier molecular flexibility index (Phi) is 5.35. The molecule has 100 valence electrons. The first kappa shape index (κ1) is 14.7. The van der Waals surface area contributed by atoms with E-state index in [1.54, 1.807) is 0 Å². The Morgan fingerprint density at radius 1 is 1.33 bits per heavy atom. The summed E-state index contributed by atoms with van der Waals surface area (Å²) in [6, 6.07) is 8.40. The van der Waals surface area contributed by atoms with E-state index >= 15 is 0 Å². The van der Waals surface area contributed by atoms with Gasteiger partial charge < -0.3 is 10.1 Å². The van der Waals surface area contributed by atoms with Gasteiger partial charge >= 0.3 is 5.97 Å². The molecular formula is C15H23NO2. The Labute approximate surface area is 110 Å². The van der Waals surface area contributed by atoms with Gasteiger partial charge in [0.2, 0.25) is 0 Å². The average molecular weight is 249 g/mol. The number of benzene rings is 1. The second-order valence-corrected chi connectivity index (χ2v) is 5.50. The van der Waals surface area contributed by atoms with Crippen molar-refractivity contribution in [1.82, 2.24) is 5.32 Å². The summed E-state index contributed by atoms with van der Waals surface area (Å²) in [4.78, 5) is 11.4. The highest BCUT2D eigenvalue weighted by Gasteiger charge is 2.15. The predicted octanol–water partition coefficient (Wildman–Crippen LogP) is 2.47. The van der Waals surface area contributed by atoms with E-state index in [2.05, 4.69) is 36.5 Å². The summed E-state index contributed by atoms with van der Waals surface area (Å²) in [5.74, 6) is -0.202. The lowest BCUT2D eigenvalue weighted by molar-refractivity contribution is -0.153. The van der Waals surface area contributed by atoms with Crippen LogP contribution in [0, 0.1) is 6.92 Å².